The second kappa shape index (κ2) is 4.05. The van der Waals surface area contributed by atoms with E-state index in [0.29, 0.717) is 12.1 Å². The molecule has 6 heteroatoms. The molecule has 1 fully saturated rings. The van der Waals surface area contributed by atoms with Crippen molar-refractivity contribution in [2.24, 2.45) is 5.73 Å². The third-order valence-electron chi connectivity index (χ3n) is 3.46. The molecule has 0 heterocycles. The molecule has 0 aliphatic heterocycles. The van der Waals surface area contributed by atoms with Gasteiger partial charge < -0.3 is 15.6 Å². The van der Waals surface area contributed by atoms with Gasteiger partial charge in [0.05, 0.1) is 7.11 Å². The van der Waals surface area contributed by atoms with Gasteiger partial charge in [-0.15, -0.1) is 0 Å². The summed E-state index contributed by atoms with van der Waals surface area (Å²) in [7, 11) is 1.11. The predicted molar refractivity (Wildman–Crippen MR) is 59.6 cm³/mol. The average molecular weight is 261 g/mol. The Morgan fingerprint density at radius 2 is 2.00 bits per heavy atom. The van der Waals surface area contributed by atoms with E-state index in [4.69, 9.17) is 10.5 Å². The molecule has 18 heavy (non-hydrogen) atoms. The smallest absolute Gasteiger partial charge is 0.420 e. The molecule has 1 aromatic carbocycles. The Morgan fingerprint density at radius 3 is 2.39 bits per heavy atom. The summed E-state index contributed by atoms with van der Waals surface area (Å²) in [5.41, 5.74) is 4.69. The molecular formula is C12H14F3NO2. The molecule has 0 amide bonds. The highest BCUT2D eigenvalue weighted by Crippen LogP contribution is 2.54. The summed E-state index contributed by atoms with van der Waals surface area (Å²) in [6, 6.07) is 2.23. The predicted octanol–water partition coefficient (Wildman–Crippen LogP) is 2.41. The maximum Gasteiger partial charge on any atom is 0.420 e. The summed E-state index contributed by atoms with van der Waals surface area (Å²) in [5, 5.41) is 9.96. The Bertz CT molecular complexity index is 467. The number of hydrogen-bond donors (Lipinski definition) is 2. The van der Waals surface area contributed by atoms with Gasteiger partial charge in [-0.3, -0.25) is 0 Å². The summed E-state index contributed by atoms with van der Waals surface area (Å²) < 4.78 is 42.9. The van der Waals surface area contributed by atoms with Crippen LogP contribution in [-0.2, 0) is 11.6 Å². The van der Waals surface area contributed by atoms with E-state index in [1.807, 2.05) is 0 Å². The number of benzene rings is 1. The lowest BCUT2D eigenvalue weighted by molar-refractivity contribution is -0.138. The minimum absolute atomic E-state index is 0.301. The molecule has 1 aliphatic carbocycles. The molecule has 0 bridgehead atoms. The molecule has 0 atom stereocenters. The fourth-order valence-electron chi connectivity index (χ4n) is 2.16. The number of halogens is 3. The van der Waals surface area contributed by atoms with Gasteiger partial charge in [-0.2, -0.15) is 13.2 Å². The van der Waals surface area contributed by atoms with E-state index < -0.39 is 23.2 Å². The average Bonchev–Trinajstić information content (AvgIpc) is 3.08. The fraction of sp³-hybridized carbons (Fsp3) is 0.500. The second-order valence-electron chi connectivity index (χ2n) is 4.52. The van der Waals surface area contributed by atoms with E-state index in [2.05, 4.69) is 0 Å². The van der Waals surface area contributed by atoms with Crippen LogP contribution in [-0.4, -0.2) is 18.8 Å². The van der Waals surface area contributed by atoms with Crippen LogP contribution in [0.4, 0.5) is 13.2 Å². The number of aromatic hydroxyl groups is 1. The molecule has 2 rings (SSSR count). The minimum atomic E-state index is -4.55. The Hall–Kier alpha value is -1.43. The molecule has 0 aromatic heterocycles. The summed E-state index contributed by atoms with van der Waals surface area (Å²) in [6.45, 7) is 0.301. The van der Waals surface area contributed by atoms with E-state index in [9.17, 15) is 18.3 Å². The lowest BCUT2D eigenvalue weighted by Crippen LogP contribution is -2.20. The molecule has 1 saturated carbocycles. The summed E-state index contributed by atoms with van der Waals surface area (Å²) in [5.74, 6) is -0.977. The number of alkyl halides is 3. The van der Waals surface area contributed by atoms with E-state index >= 15 is 0 Å². The van der Waals surface area contributed by atoms with E-state index in [1.165, 1.54) is 6.07 Å². The molecule has 3 nitrogen and oxygen atoms in total. The van der Waals surface area contributed by atoms with Crippen molar-refractivity contribution in [3.63, 3.8) is 0 Å². The van der Waals surface area contributed by atoms with E-state index in [0.717, 1.165) is 26.0 Å². The van der Waals surface area contributed by atoms with Crippen molar-refractivity contribution in [2.75, 3.05) is 13.7 Å². The number of methoxy groups -OCH3 is 1. The fourth-order valence-corrected chi connectivity index (χ4v) is 2.16. The van der Waals surface area contributed by atoms with Gasteiger partial charge in [0.15, 0.2) is 11.5 Å². The Morgan fingerprint density at radius 1 is 1.39 bits per heavy atom. The van der Waals surface area contributed by atoms with Gasteiger partial charge in [0.25, 0.3) is 0 Å². The second-order valence-corrected chi connectivity index (χ2v) is 4.52. The van der Waals surface area contributed by atoms with E-state index in [-0.39, 0.29) is 5.41 Å². The van der Waals surface area contributed by atoms with Gasteiger partial charge in [-0.1, -0.05) is 6.07 Å². The van der Waals surface area contributed by atoms with Crippen LogP contribution in [0.2, 0.25) is 0 Å². The van der Waals surface area contributed by atoms with Crippen molar-refractivity contribution in [1.82, 2.24) is 0 Å². The van der Waals surface area contributed by atoms with Crippen molar-refractivity contribution in [3.05, 3.63) is 23.3 Å². The van der Waals surface area contributed by atoms with Gasteiger partial charge in [-0.05, 0) is 18.9 Å². The van der Waals surface area contributed by atoms with Crippen LogP contribution in [0.5, 0.6) is 11.5 Å². The topological polar surface area (TPSA) is 55.5 Å². The van der Waals surface area contributed by atoms with Gasteiger partial charge in [0, 0.05) is 17.5 Å². The quantitative estimate of drug-likeness (QED) is 0.878. The zero-order valence-corrected chi connectivity index (χ0v) is 9.84. The van der Waals surface area contributed by atoms with Gasteiger partial charge in [-0.25, -0.2) is 0 Å². The highest BCUT2D eigenvalue weighted by Gasteiger charge is 2.46. The first-order chi connectivity index (χ1) is 8.35. The van der Waals surface area contributed by atoms with Crippen LogP contribution >= 0.6 is 0 Å². The van der Waals surface area contributed by atoms with Crippen LogP contribution in [0, 0.1) is 0 Å². The van der Waals surface area contributed by atoms with Gasteiger partial charge in [0.1, 0.15) is 5.56 Å². The van der Waals surface area contributed by atoms with Crippen LogP contribution in [0.15, 0.2) is 12.1 Å². The molecule has 0 unspecified atom stereocenters. The summed E-state index contributed by atoms with van der Waals surface area (Å²) in [4.78, 5) is 0. The van der Waals surface area contributed by atoms with Crippen molar-refractivity contribution < 1.29 is 23.0 Å². The zero-order chi connectivity index (χ0) is 13.6. The minimum Gasteiger partial charge on any atom is -0.504 e. The van der Waals surface area contributed by atoms with Crippen molar-refractivity contribution in [2.45, 2.75) is 24.4 Å². The SMILES string of the molecule is COc1c(C(F)(F)F)ccc(C2(CN)CC2)c1O. The molecule has 3 N–H and O–H groups in total. The first-order valence-corrected chi connectivity index (χ1v) is 5.53. The Labute approximate surface area is 102 Å². The van der Waals surface area contributed by atoms with Crippen LogP contribution < -0.4 is 10.5 Å². The maximum atomic E-state index is 12.7. The standard InChI is InChI=1S/C12H14F3NO2/c1-18-10-8(12(13,14)15)3-2-7(9(10)17)11(6-16)4-5-11/h2-3,17H,4-6,16H2,1H3. The lowest BCUT2D eigenvalue weighted by Gasteiger charge is -2.19. The van der Waals surface area contributed by atoms with Crippen molar-refractivity contribution >= 4 is 0 Å². The Balaban J connectivity index is 2.55. The van der Waals surface area contributed by atoms with Crippen LogP contribution in [0.1, 0.15) is 24.0 Å². The lowest BCUT2D eigenvalue weighted by atomic mass is 9.93. The van der Waals surface area contributed by atoms with Gasteiger partial charge >= 0.3 is 6.18 Å². The molecule has 1 aromatic rings. The number of ether oxygens (including phenoxy) is 1. The monoisotopic (exact) mass is 261 g/mol. The maximum absolute atomic E-state index is 12.7. The normalized spacial score (nSPS) is 17.6. The number of hydrogen-bond acceptors (Lipinski definition) is 3. The first-order valence-electron chi connectivity index (χ1n) is 5.53. The number of phenols is 1. The number of rotatable bonds is 3. The Kier molecular flexibility index (Phi) is 2.93. The van der Waals surface area contributed by atoms with Gasteiger partial charge in [0.2, 0.25) is 0 Å². The summed E-state index contributed by atoms with van der Waals surface area (Å²) >= 11 is 0. The van der Waals surface area contributed by atoms with Crippen molar-refractivity contribution in [1.29, 1.82) is 0 Å². The highest BCUT2D eigenvalue weighted by atomic mass is 19.4. The molecule has 100 valence electrons. The zero-order valence-electron chi connectivity index (χ0n) is 9.84. The molecule has 0 saturated heterocycles. The third-order valence-corrected chi connectivity index (χ3v) is 3.46. The largest absolute Gasteiger partial charge is 0.504 e. The number of nitrogens with two attached hydrogens (primary N) is 1. The first kappa shape index (κ1) is 13.0. The third kappa shape index (κ3) is 1.90. The number of phenolic OH excluding ortho intramolecular Hbond substituents is 1. The van der Waals surface area contributed by atoms with E-state index in [1.54, 1.807) is 0 Å². The molecule has 1 aliphatic rings. The highest BCUT2D eigenvalue weighted by molar-refractivity contribution is 5.56. The molecular weight excluding hydrogens is 247 g/mol. The molecule has 0 radical (unpaired) electrons. The van der Waals surface area contributed by atoms with Crippen molar-refractivity contribution in [3.8, 4) is 11.5 Å². The van der Waals surface area contributed by atoms with Crippen LogP contribution in [0.25, 0.3) is 0 Å². The van der Waals surface area contributed by atoms with Crippen LogP contribution in [0.3, 0.4) is 0 Å². The molecule has 0 spiro atoms. The summed E-state index contributed by atoms with van der Waals surface area (Å²) in [6.07, 6.45) is -3.02.